The zero-order valence-electron chi connectivity index (χ0n) is 17.3. The van der Waals surface area contributed by atoms with E-state index in [4.69, 9.17) is 16.3 Å². The normalized spacial score (nSPS) is 11.1. The Hall–Kier alpha value is -3.43. The van der Waals surface area contributed by atoms with Gasteiger partial charge in [0, 0.05) is 12.0 Å². The fraction of sp³-hybridized carbons (Fsp3) is 0.174. The van der Waals surface area contributed by atoms with Crippen LogP contribution in [0.3, 0.4) is 0 Å². The zero-order chi connectivity index (χ0) is 23.7. The molecule has 2 heterocycles. The third-order valence-corrected chi connectivity index (χ3v) is 6.25. The van der Waals surface area contributed by atoms with Crippen molar-refractivity contribution in [3.05, 3.63) is 58.9 Å². The molecule has 0 aliphatic carbocycles. The number of para-hydroxylation sites is 1. The third kappa shape index (κ3) is 4.17. The topological polar surface area (TPSA) is 102 Å². The monoisotopic (exact) mass is 488 g/mol. The van der Waals surface area contributed by atoms with Gasteiger partial charge in [0.1, 0.15) is 11.3 Å². The third-order valence-electron chi connectivity index (χ3n) is 4.94. The van der Waals surface area contributed by atoms with Gasteiger partial charge in [0.2, 0.25) is 5.88 Å². The van der Waals surface area contributed by atoms with E-state index in [1.807, 2.05) is 0 Å². The molecule has 0 bridgehead atoms. The Kier molecular flexibility index (Phi) is 6.35. The molecule has 4 aromatic rings. The van der Waals surface area contributed by atoms with Crippen LogP contribution in [0.5, 0.6) is 11.6 Å². The van der Waals surface area contributed by atoms with Crippen LogP contribution in [0.25, 0.3) is 26.6 Å². The molecule has 0 unspecified atom stereocenters. The summed E-state index contributed by atoms with van der Waals surface area (Å²) in [6.45, 7) is 1.81. The fourth-order valence-electron chi connectivity index (χ4n) is 3.48. The molecule has 0 fully saturated rings. The molecule has 0 radical (unpaired) electrons. The van der Waals surface area contributed by atoms with Crippen LogP contribution in [0.1, 0.15) is 30.1 Å². The first kappa shape index (κ1) is 22.8. The smallest absolute Gasteiger partial charge is 0.306 e. The highest BCUT2D eigenvalue weighted by Gasteiger charge is 2.31. The molecule has 33 heavy (non-hydrogen) atoms. The van der Waals surface area contributed by atoms with E-state index in [0.717, 1.165) is 15.9 Å². The lowest BCUT2D eigenvalue weighted by atomic mass is 10.0. The minimum Gasteiger partial charge on any atom is -0.503 e. The number of nitrogens with zero attached hydrogens (tertiary/aromatic N) is 2. The van der Waals surface area contributed by atoms with E-state index >= 15 is 0 Å². The number of aromatic nitrogens is 2. The summed E-state index contributed by atoms with van der Waals surface area (Å²) < 4.78 is 21.5. The number of ketones is 1. The summed E-state index contributed by atoms with van der Waals surface area (Å²) >= 11 is 7.37. The largest absolute Gasteiger partial charge is 0.503 e. The molecule has 0 saturated carbocycles. The average Bonchev–Trinajstić information content (AvgIpc) is 3.33. The molecule has 7 nitrogen and oxygen atoms in total. The highest BCUT2D eigenvalue weighted by atomic mass is 35.5. The number of halogens is 2. The summed E-state index contributed by atoms with van der Waals surface area (Å²) in [5.41, 5.74) is 0.0405. The Balaban J connectivity index is 1.92. The van der Waals surface area contributed by atoms with E-state index in [9.17, 15) is 24.2 Å². The van der Waals surface area contributed by atoms with E-state index in [0.29, 0.717) is 15.2 Å². The van der Waals surface area contributed by atoms with Crippen molar-refractivity contribution in [2.45, 2.75) is 19.8 Å². The van der Waals surface area contributed by atoms with Crippen molar-refractivity contribution in [1.82, 2.24) is 9.55 Å². The summed E-state index contributed by atoms with van der Waals surface area (Å²) in [4.78, 5) is 29.2. The summed E-state index contributed by atoms with van der Waals surface area (Å²) in [6.07, 6.45) is -0.533. The Morgan fingerprint density at radius 2 is 1.91 bits per heavy atom. The first-order valence-electron chi connectivity index (χ1n) is 9.99. The van der Waals surface area contributed by atoms with Crippen LogP contribution in [0, 0.1) is 5.82 Å². The number of carbonyl (C=O) groups excluding carboxylic acids is 2. The molecule has 0 aliphatic rings. The van der Waals surface area contributed by atoms with E-state index < -0.39 is 29.2 Å². The molecule has 0 aliphatic heterocycles. The molecule has 0 atom stereocenters. The lowest BCUT2D eigenvalue weighted by Gasteiger charge is -2.10. The standard InChI is InChI=1S/C23H18ClFN2O5S/c1-2-32-17(29)11-10-15(28)18-20(12-6-3-4-8-14(12)25)27(22(31)21(18)30)23-26-19-13(24)7-5-9-16(19)33-23/h3-9,30-31H,2,10-11H2,1H3. The number of thiazole rings is 1. The number of fused-ring (bicyclic) bond motifs is 1. The van der Waals surface area contributed by atoms with E-state index in [1.165, 1.54) is 18.2 Å². The van der Waals surface area contributed by atoms with Gasteiger partial charge in [0.25, 0.3) is 0 Å². The number of Topliss-reactive ketones (excluding diaryl/α,β-unsaturated/α-hetero) is 1. The van der Waals surface area contributed by atoms with Gasteiger partial charge in [-0.25, -0.2) is 9.37 Å². The summed E-state index contributed by atoms with van der Waals surface area (Å²) in [5.74, 6) is -3.32. The molecule has 2 N–H and O–H groups in total. The van der Waals surface area contributed by atoms with Gasteiger partial charge in [0.05, 0.1) is 34.0 Å². The minimum absolute atomic E-state index is 0.0297. The van der Waals surface area contributed by atoms with Gasteiger partial charge in [-0.3, -0.25) is 14.2 Å². The van der Waals surface area contributed by atoms with Gasteiger partial charge in [-0.2, -0.15) is 0 Å². The molecule has 2 aromatic heterocycles. The predicted octanol–water partition coefficient (Wildman–Crippen LogP) is 5.48. The molecule has 10 heteroatoms. The number of esters is 1. The van der Waals surface area contributed by atoms with Crippen molar-refractivity contribution < 1.29 is 28.9 Å². The lowest BCUT2D eigenvalue weighted by Crippen LogP contribution is -2.09. The second kappa shape index (κ2) is 9.21. The first-order valence-corrected chi connectivity index (χ1v) is 11.2. The van der Waals surface area contributed by atoms with Gasteiger partial charge in [0.15, 0.2) is 16.7 Å². The molecular weight excluding hydrogens is 471 g/mol. The van der Waals surface area contributed by atoms with Gasteiger partial charge in [-0.15, -0.1) is 0 Å². The van der Waals surface area contributed by atoms with Crippen molar-refractivity contribution in [3.8, 4) is 28.0 Å². The van der Waals surface area contributed by atoms with E-state index in [-0.39, 0.29) is 41.4 Å². The molecular formula is C23H18ClFN2O5S. The molecule has 0 saturated heterocycles. The number of hydrogen-bond donors (Lipinski definition) is 2. The zero-order valence-corrected chi connectivity index (χ0v) is 18.9. The quantitative estimate of drug-likeness (QED) is 0.264. The van der Waals surface area contributed by atoms with Crippen molar-refractivity contribution in [2.75, 3.05) is 6.61 Å². The van der Waals surface area contributed by atoms with Crippen molar-refractivity contribution in [2.24, 2.45) is 0 Å². The summed E-state index contributed by atoms with van der Waals surface area (Å²) in [5, 5.41) is 22.0. The summed E-state index contributed by atoms with van der Waals surface area (Å²) in [7, 11) is 0. The first-order chi connectivity index (χ1) is 15.8. The number of rotatable bonds is 7. The molecule has 4 rings (SSSR count). The molecule has 0 amide bonds. The second-order valence-corrected chi connectivity index (χ2v) is 8.44. The molecule has 0 spiro atoms. The highest BCUT2D eigenvalue weighted by Crippen LogP contribution is 2.45. The lowest BCUT2D eigenvalue weighted by molar-refractivity contribution is -0.143. The van der Waals surface area contributed by atoms with Crippen LogP contribution in [-0.2, 0) is 9.53 Å². The number of ether oxygens (including phenoxy) is 1. The number of aromatic hydroxyl groups is 2. The van der Waals surface area contributed by atoms with Crippen molar-refractivity contribution in [1.29, 1.82) is 0 Å². The van der Waals surface area contributed by atoms with E-state index in [1.54, 1.807) is 31.2 Å². The van der Waals surface area contributed by atoms with Gasteiger partial charge >= 0.3 is 5.97 Å². The average molecular weight is 489 g/mol. The summed E-state index contributed by atoms with van der Waals surface area (Å²) in [6, 6.07) is 10.8. The predicted molar refractivity (Wildman–Crippen MR) is 123 cm³/mol. The van der Waals surface area contributed by atoms with Crippen LogP contribution in [0.4, 0.5) is 4.39 Å². The Labute approximate surface area is 196 Å². The maximum Gasteiger partial charge on any atom is 0.306 e. The fourth-order valence-corrected chi connectivity index (χ4v) is 4.75. The highest BCUT2D eigenvalue weighted by molar-refractivity contribution is 7.21. The van der Waals surface area contributed by atoms with Crippen molar-refractivity contribution >= 4 is 44.9 Å². The Morgan fingerprint density at radius 1 is 1.15 bits per heavy atom. The Bertz CT molecular complexity index is 1380. The maximum atomic E-state index is 14.8. The Morgan fingerprint density at radius 3 is 2.61 bits per heavy atom. The number of benzene rings is 2. The maximum absolute atomic E-state index is 14.8. The number of carbonyl (C=O) groups is 2. The van der Waals surface area contributed by atoms with Crippen LogP contribution < -0.4 is 0 Å². The number of hydrogen-bond acceptors (Lipinski definition) is 7. The molecule has 2 aromatic carbocycles. The van der Waals surface area contributed by atoms with E-state index in [2.05, 4.69) is 4.98 Å². The minimum atomic E-state index is -0.729. The van der Waals surface area contributed by atoms with Crippen LogP contribution in [0.15, 0.2) is 42.5 Å². The van der Waals surface area contributed by atoms with Crippen LogP contribution in [0.2, 0.25) is 5.02 Å². The van der Waals surface area contributed by atoms with Gasteiger partial charge in [-0.1, -0.05) is 41.1 Å². The SMILES string of the molecule is CCOC(=O)CCC(=O)c1c(O)c(O)n(-c2nc3c(Cl)cccc3s2)c1-c1ccccc1F. The molecule has 170 valence electrons. The van der Waals surface area contributed by atoms with Crippen molar-refractivity contribution in [3.63, 3.8) is 0 Å². The van der Waals surface area contributed by atoms with Gasteiger partial charge < -0.3 is 14.9 Å². The second-order valence-electron chi connectivity index (χ2n) is 7.02. The van der Waals surface area contributed by atoms with Crippen LogP contribution in [-0.4, -0.2) is 38.1 Å². The van der Waals surface area contributed by atoms with Gasteiger partial charge in [-0.05, 0) is 31.2 Å². The van der Waals surface area contributed by atoms with Crippen LogP contribution >= 0.6 is 22.9 Å².